The zero-order chi connectivity index (χ0) is 23.9. The maximum atomic E-state index is 15.3. The van der Waals surface area contributed by atoms with E-state index in [-0.39, 0.29) is 11.1 Å². The van der Waals surface area contributed by atoms with Gasteiger partial charge in [-0.25, -0.2) is 18.8 Å². The third-order valence-corrected chi connectivity index (χ3v) is 5.12. The van der Waals surface area contributed by atoms with E-state index in [4.69, 9.17) is 18.9 Å². The van der Waals surface area contributed by atoms with Crippen LogP contribution in [0.3, 0.4) is 0 Å². The van der Waals surface area contributed by atoms with Crippen LogP contribution in [0.2, 0.25) is 0 Å². The van der Waals surface area contributed by atoms with Crippen molar-refractivity contribution in [2.45, 2.75) is 24.7 Å². The van der Waals surface area contributed by atoms with Crippen LogP contribution in [0.15, 0.2) is 91.0 Å². The number of alkyl halides is 1. The van der Waals surface area contributed by atoms with Gasteiger partial charge in [-0.1, -0.05) is 54.6 Å². The molecule has 3 aromatic rings. The van der Waals surface area contributed by atoms with Crippen LogP contribution in [0.25, 0.3) is 0 Å². The van der Waals surface area contributed by atoms with E-state index in [9.17, 15) is 14.4 Å². The molecule has 174 valence electrons. The van der Waals surface area contributed by atoms with Gasteiger partial charge in [0.15, 0.2) is 6.10 Å². The fraction of sp³-hybridized carbons (Fsp3) is 0.192. The number of rotatable bonds is 7. The van der Waals surface area contributed by atoms with Crippen LogP contribution >= 0.6 is 0 Å². The van der Waals surface area contributed by atoms with Gasteiger partial charge >= 0.3 is 17.9 Å². The molecule has 1 aliphatic rings. The summed E-state index contributed by atoms with van der Waals surface area (Å²) in [5.41, 5.74) is 0.705. The van der Waals surface area contributed by atoms with Gasteiger partial charge < -0.3 is 18.9 Å². The average Bonchev–Trinajstić information content (AvgIpc) is 3.17. The molecule has 0 saturated carbocycles. The smallest absolute Gasteiger partial charge is 0.340 e. The van der Waals surface area contributed by atoms with Gasteiger partial charge in [-0.2, -0.15) is 0 Å². The Bertz CT molecular complexity index is 1120. The van der Waals surface area contributed by atoms with E-state index < -0.39 is 49.2 Å². The van der Waals surface area contributed by atoms with Crippen LogP contribution in [0.4, 0.5) is 4.39 Å². The Balaban J connectivity index is 1.47. The molecule has 3 aromatic carbocycles. The van der Waals surface area contributed by atoms with Crippen LogP contribution < -0.4 is 0 Å². The Kier molecular flexibility index (Phi) is 7.29. The average molecular weight is 464 g/mol. The van der Waals surface area contributed by atoms with Gasteiger partial charge in [0, 0.05) is 0 Å². The lowest BCUT2D eigenvalue weighted by Crippen LogP contribution is -2.37. The minimum atomic E-state index is -2.00. The summed E-state index contributed by atoms with van der Waals surface area (Å²) < 4.78 is 36.6. The van der Waals surface area contributed by atoms with Gasteiger partial charge in [-0.3, -0.25) is 0 Å². The van der Waals surface area contributed by atoms with Crippen LogP contribution in [-0.4, -0.2) is 49.2 Å². The van der Waals surface area contributed by atoms with E-state index >= 15 is 4.39 Å². The second kappa shape index (κ2) is 10.7. The number of halogens is 1. The first-order valence-electron chi connectivity index (χ1n) is 10.6. The third kappa shape index (κ3) is 5.47. The van der Waals surface area contributed by atoms with Crippen LogP contribution in [-0.2, 0) is 18.9 Å². The zero-order valence-electron chi connectivity index (χ0n) is 17.9. The van der Waals surface area contributed by atoms with E-state index in [0.29, 0.717) is 5.56 Å². The molecule has 1 aliphatic heterocycles. The van der Waals surface area contributed by atoms with Crippen LogP contribution in [0.1, 0.15) is 31.1 Å². The number of hydrogen-bond acceptors (Lipinski definition) is 7. The van der Waals surface area contributed by atoms with Crippen molar-refractivity contribution in [1.82, 2.24) is 0 Å². The van der Waals surface area contributed by atoms with Crippen molar-refractivity contribution in [3.05, 3.63) is 108 Å². The van der Waals surface area contributed by atoms with Crippen molar-refractivity contribution in [1.29, 1.82) is 0 Å². The molecule has 0 radical (unpaired) electrons. The Morgan fingerprint density at radius 2 is 1.12 bits per heavy atom. The molecule has 0 amide bonds. The van der Waals surface area contributed by atoms with Gasteiger partial charge in [-0.05, 0) is 36.4 Å². The molecule has 0 unspecified atom stereocenters. The predicted molar refractivity (Wildman–Crippen MR) is 118 cm³/mol. The maximum Gasteiger partial charge on any atom is 0.340 e. The summed E-state index contributed by atoms with van der Waals surface area (Å²) in [6.45, 7) is -0.416. The maximum absolute atomic E-state index is 15.3. The summed E-state index contributed by atoms with van der Waals surface area (Å²) in [4.78, 5) is 37.2. The summed E-state index contributed by atoms with van der Waals surface area (Å²) >= 11 is 0. The fourth-order valence-electron chi connectivity index (χ4n) is 3.38. The number of benzene rings is 3. The highest BCUT2D eigenvalue weighted by atomic mass is 19.1. The van der Waals surface area contributed by atoms with E-state index in [2.05, 4.69) is 0 Å². The van der Waals surface area contributed by atoms with Gasteiger partial charge in [0.1, 0.15) is 12.7 Å². The molecule has 0 bridgehead atoms. The van der Waals surface area contributed by atoms with E-state index in [1.165, 1.54) is 24.3 Å². The first kappa shape index (κ1) is 23.1. The SMILES string of the molecule is O=C(OC[C@H]1O[C@H](OC(=O)c2ccccc2)[C@H](F)[C@@H]1OC(=O)c1ccccc1)c1ccccc1. The summed E-state index contributed by atoms with van der Waals surface area (Å²) in [7, 11) is 0. The number of carbonyl (C=O) groups excluding carboxylic acids is 3. The molecular weight excluding hydrogens is 443 g/mol. The Morgan fingerprint density at radius 1 is 0.676 bits per heavy atom. The summed E-state index contributed by atoms with van der Waals surface area (Å²) in [6.07, 6.45) is -6.31. The lowest BCUT2D eigenvalue weighted by molar-refractivity contribution is -0.129. The van der Waals surface area contributed by atoms with Crippen molar-refractivity contribution >= 4 is 17.9 Å². The topological polar surface area (TPSA) is 88.1 Å². The lowest BCUT2D eigenvalue weighted by atomic mass is 10.1. The van der Waals surface area contributed by atoms with Crippen LogP contribution in [0.5, 0.6) is 0 Å². The van der Waals surface area contributed by atoms with E-state index in [0.717, 1.165) is 0 Å². The molecular formula is C26H21FO7. The van der Waals surface area contributed by atoms with Crippen LogP contribution in [0, 0.1) is 0 Å². The van der Waals surface area contributed by atoms with Crippen molar-refractivity contribution in [3.8, 4) is 0 Å². The predicted octanol–water partition coefficient (Wildman–Crippen LogP) is 3.99. The van der Waals surface area contributed by atoms with E-state index in [1.54, 1.807) is 66.7 Å². The Labute approximate surface area is 195 Å². The molecule has 0 aliphatic carbocycles. The third-order valence-electron chi connectivity index (χ3n) is 5.12. The highest BCUT2D eigenvalue weighted by Crippen LogP contribution is 2.29. The first-order chi connectivity index (χ1) is 16.5. The quantitative estimate of drug-likeness (QED) is 0.386. The molecule has 7 nitrogen and oxygen atoms in total. The minimum Gasteiger partial charge on any atom is -0.459 e. The van der Waals surface area contributed by atoms with Crippen molar-refractivity contribution in [3.63, 3.8) is 0 Å². The Morgan fingerprint density at radius 3 is 1.62 bits per heavy atom. The minimum absolute atomic E-state index is 0.204. The number of carbonyl (C=O) groups is 3. The van der Waals surface area contributed by atoms with Gasteiger partial charge in [0.05, 0.1) is 16.7 Å². The second-order valence-corrected chi connectivity index (χ2v) is 7.46. The van der Waals surface area contributed by atoms with E-state index in [1.807, 2.05) is 0 Å². The Hall–Kier alpha value is -4.04. The molecule has 0 spiro atoms. The summed E-state index contributed by atoms with van der Waals surface area (Å²) in [6, 6.07) is 24.2. The zero-order valence-corrected chi connectivity index (χ0v) is 17.9. The standard InChI is InChI=1S/C26H21FO7/c27-21-22(33-24(29)18-12-6-2-7-13-18)20(16-31-23(28)17-10-4-1-5-11-17)32-26(21)34-25(30)19-14-8-3-9-15-19/h1-15,20-22,26H,16H2/t20-,21-,22-,26-/m1/s1. The summed E-state index contributed by atoms with van der Waals surface area (Å²) in [5, 5.41) is 0. The molecule has 0 N–H and O–H groups in total. The monoisotopic (exact) mass is 464 g/mol. The number of esters is 3. The van der Waals surface area contributed by atoms with Gasteiger partial charge in [-0.15, -0.1) is 0 Å². The molecule has 1 heterocycles. The molecule has 4 atom stereocenters. The normalized spacial score (nSPS) is 21.4. The molecule has 0 aromatic heterocycles. The van der Waals surface area contributed by atoms with Crippen molar-refractivity contribution in [2.24, 2.45) is 0 Å². The molecule has 34 heavy (non-hydrogen) atoms. The van der Waals surface area contributed by atoms with Crippen molar-refractivity contribution < 1.29 is 37.7 Å². The lowest BCUT2D eigenvalue weighted by Gasteiger charge is -2.19. The first-order valence-corrected chi connectivity index (χ1v) is 10.6. The molecule has 8 heteroatoms. The highest BCUT2D eigenvalue weighted by molar-refractivity contribution is 5.90. The number of hydrogen-bond donors (Lipinski definition) is 0. The number of ether oxygens (including phenoxy) is 4. The van der Waals surface area contributed by atoms with Gasteiger partial charge in [0.2, 0.25) is 12.5 Å². The van der Waals surface area contributed by atoms with Gasteiger partial charge in [0.25, 0.3) is 0 Å². The molecule has 1 fully saturated rings. The molecule has 4 rings (SSSR count). The summed E-state index contributed by atoms with van der Waals surface area (Å²) in [5.74, 6) is -2.24. The van der Waals surface area contributed by atoms with Crippen molar-refractivity contribution in [2.75, 3.05) is 6.61 Å². The fourth-order valence-corrected chi connectivity index (χ4v) is 3.38. The highest BCUT2D eigenvalue weighted by Gasteiger charge is 2.50. The molecule has 1 saturated heterocycles. The second-order valence-electron chi connectivity index (χ2n) is 7.46. The largest absolute Gasteiger partial charge is 0.459 e.